The number of nitrogens with one attached hydrogen (secondary N) is 1. The Bertz CT molecular complexity index is 900. The van der Waals surface area contributed by atoms with Crippen LogP contribution in [-0.4, -0.2) is 21.0 Å². The number of aromatic carboxylic acids is 1. The maximum absolute atomic E-state index is 11.5. The van der Waals surface area contributed by atoms with Crippen molar-refractivity contribution in [1.29, 1.82) is 0 Å². The van der Waals surface area contributed by atoms with Gasteiger partial charge in [-0.05, 0) is 18.2 Å². The average molecular weight is 292 g/mol. The second kappa shape index (κ2) is 5.65. The zero-order valence-electron chi connectivity index (χ0n) is 11.5. The first-order valence-electron chi connectivity index (χ1n) is 6.64. The van der Waals surface area contributed by atoms with Crippen LogP contribution in [0.15, 0.2) is 65.5 Å². The molecule has 108 valence electrons. The molecule has 0 saturated carbocycles. The van der Waals surface area contributed by atoms with Gasteiger partial charge in [0.1, 0.15) is 5.69 Å². The van der Waals surface area contributed by atoms with Crippen molar-refractivity contribution in [2.24, 2.45) is 0 Å². The Morgan fingerprint density at radius 1 is 0.909 bits per heavy atom. The number of carboxylic acids is 1. The molecule has 5 nitrogen and oxygen atoms in total. The fourth-order valence-electron chi connectivity index (χ4n) is 2.25. The van der Waals surface area contributed by atoms with Crippen LogP contribution in [0.25, 0.3) is 22.5 Å². The number of hydrogen-bond donors (Lipinski definition) is 2. The summed E-state index contributed by atoms with van der Waals surface area (Å²) in [4.78, 5) is 29.5. The average Bonchev–Trinajstić information content (AvgIpc) is 2.55. The van der Waals surface area contributed by atoms with Crippen LogP contribution >= 0.6 is 0 Å². The van der Waals surface area contributed by atoms with Gasteiger partial charge in [0.15, 0.2) is 0 Å². The minimum atomic E-state index is -1.08. The Morgan fingerprint density at radius 3 is 2.36 bits per heavy atom. The largest absolute Gasteiger partial charge is 0.477 e. The van der Waals surface area contributed by atoms with Gasteiger partial charge in [0.05, 0.1) is 5.69 Å². The molecule has 0 aliphatic heterocycles. The number of carbonyl (C=O) groups is 1. The molecular formula is C17H12N2O3. The SMILES string of the molecule is O=C(O)c1cccc(-c2ccccc2-c2cccc(=O)[nH]2)n1. The molecule has 0 aliphatic rings. The van der Waals surface area contributed by atoms with Crippen LogP contribution in [-0.2, 0) is 0 Å². The van der Waals surface area contributed by atoms with Crippen LogP contribution in [0.3, 0.4) is 0 Å². The summed E-state index contributed by atoms with van der Waals surface area (Å²) in [6.07, 6.45) is 0. The topological polar surface area (TPSA) is 83.0 Å². The summed E-state index contributed by atoms with van der Waals surface area (Å²) in [5, 5.41) is 9.07. The van der Waals surface area contributed by atoms with Crippen molar-refractivity contribution in [3.05, 3.63) is 76.7 Å². The third-order valence-electron chi connectivity index (χ3n) is 3.23. The van der Waals surface area contributed by atoms with Crippen LogP contribution in [0, 0.1) is 0 Å². The van der Waals surface area contributed by atoms with Crippen LogP contribution in [0.4, 0.5) is 0 Å². The van der Waals surface area contributed by atoms with Gasteiger partial charge in [-0.15, -0.1) is 0 Å². The van der Waals surface area contributed by atoms with Crippen LogP contribution < -0.4 is 5.56 Å². The zero-order chi connectivity index (χ0) is 15.5. The van der Waals surface area contributed by atoms with Crippen molar-refractivity contribution >= 4 is 5.97 Å². The molecule has 3 rings (SSSR count). The molecule has 0 unspecified atom stereocenters. The summed E-state index contributed by atoms with van der Waals surface area (Å²) in [6, 6.07) is 17.1. The molecule has 22 heavy (non-hydrogen) atoms. The van der Waals surface area contributed by atoms with Crippen molar-refractivity contribution in [2.75, 3.05) is 0 Å². The second-order valence-electron chi connectivity index (χ2n) is 4.69. The van der Waals surface area contributed by atoms with E-state index in [1.165, 1.54) is 12.1 Å². The number of pyridine rings is 2. The number of nitrogens with zero attached hydrogens (tertiary/aromatic N) is 1. The van der Waals surface area contributed by atoms with E-state index in [9.17, 15) is 9.59 Å². The van der Waals surface area contributed by atoms with Crippen LogP contribution in [0.1, 0.15) is 10.5 Å². The Morgan fingerprint density at radius 2 is 1.64 bits per heavy atom. The minimum absolute atomic E-state index is 0.0196. The molecule has 0 fully saturated rings. The van der Waals surface area contributed by atoms with Gasteiger partial charge in [0.25, 0.3) is 0 Å². The Kier molecular flexibility index (Phi) is 3.53. The lowest BCUT2D eigenvalue weighted by Gasteiger charge is -2.09. The molecule has 2 N–H and O–H groups in total. The first kappa shape index (κ1) is 13.8. The van der Waals surface area contributed by atoms with E-state index in [1.54, 1.807) is 24.3 Å². The summed E-state index contributed by atoms with van der Waals surface area (Å²) in [7, 11) is 0. The highest BCUT2D eigenvalue weighted by atomic mass is 16.4. The highest BCUT2D eigenvalue weighted by molar-refractivity contribution is 5.87. The fraction of sp³-hybridized carbons (Fsp3) is 0. The first-order chi connectivity index (χ1) is 10.6. The van der Waals surface area contributed by atoms with E-state index in [1.807, 2.05) is 24.3 Å². The third-order valence-corrected chi connectivity index (χ3v) is 3.23. The van der Waals surface area contributed by atoms with Crippen molar-refractivity contribution in [2.45, 2.75) is 0 Å². The number of aromatic nitrogens is 2. The molecule has 0 bridgehead atoms. The third kappa shape index (κ3) is 2.64. The molecule has 2 heterocycles. The maximum Gasteiger partial charge on any atom is 0.354 e. The maximum atomic E-state index is 11.5. The molecule has 0 atom stereocenters. The van der Waals surface area contributed by atoms with Gasteiger partial charge < -0.3 is 10.1 Å². The molecule has 3 aromatic rings. The number of rotatable bonds is 3. The molecule has 0 spiro atoms. The summed E-state index contributed by atoms with van der Waals surface area (Å²) in [6.45, 7) is 0. The molecule has 0 saturated heterocycles. The van der Waals surface area contributed by atoms with E-state index in [-0.39, 0.29) is 11.3 Å². The van der Waals surface area contributed by atoms with Gasteiger partial charge in [0, 0.05) is 22.9 Å². The Labute approximate surface area is 125 Å². The van der Waals surface area contributed by atoms with Crippen LogP contribution in [0.2, 0.25) is 0 Å². The van der Waals surface area contributed by atoms with Crippen molar-refractivity contribution in [1.82, 2.24) is 9.97 Å². The van der Waals surface area contributed by atoms with E-state index in [4.69, 9.17) is 5.11 Å². The highest BCUT2D eigenvalue weighted by Gasteiger charge is 2.11. The molecule has 0 aliphatic carbocycles. The fourth-order valence-corrected chi connectivity index (χ4v) is 2.25. The zero-order valence-corrected chi connectivity index (χ0v) is 11.5. The standard InChI is InChI=1S/C17H12N2O3/c20-16-10-4-8-14(19-16)12-6-2-1-5-11(12)13-7-3-9-15(18-13)17(21)22/h1-10H,(H,19,20)(H,21,22). The van der Waals surface area contributed by atoms with E-state index < -0.39 is 5.97 Å². The lowest BCUT2D eigenvalue weighted by molar-refractivity contribution is 0.0690. The smallest absolute Gasteiger partial charge is 0.354 e. The second-order valence-corrected chi connectivity index (χ2v) is 4.69. The predicted octanol–water partition coefficient (Wildman–Crippen LogP) is 2.80. The molecular weight excluding hydrogens is 280 g/mol. The molecule has 0 radical (unpaired) electrons. The summed E-state index contributed by atoms with van der Waals surface area (Å²) in [5.41, 5.74) is 2.53. The number of benzene rings is 1. The number of carboxylic acid groups (broad SMARTS) is 1. The Hall–Kier alpha value is -3.21. The monoisotopic (exact) mass is 292 g/mol. The molecule has 1 aromatic carbocycles. The highest BCUT2D eigenvalue weighted by Crippen LogP contribution is 2.29. The summed E-state index contributed by atoms with van der Waals surface area (Å²) < 4.78 is 0. The number of H-pyrrole nitrogens is 1. The minimum Gasteiger partial charge on any atom is -0.477 e. The van der Waals surface area contributed by atoms with Gasteiger partial charge in [-0.25, -0.2) is 9.78 Å². The van der Waals surface area contributed by atoms with Crippen LogP contribution in [0.5, 0.6) is 0 Å². The first-order valence-corrected chi connectivity index (χ1v) is 6.64. The van der Waals surface area contributed by atoms with Gasteiger partial charge in [-0.3, -0.25) is 4.79 Å². The molecule has 5 heteroatoms. The molecule has 0 amide bonds. The summed E-state index contributed by atoms with van der Waals surface area (Å²) in [5.74, 6) is -1.08. The lowest BCUT2D eigenvalue weighted by atomic mass is 10.0. The van der Waals surface area contributed by atoms with E-state index in [0.717, 1.165) is 11.1 Å². The quantitative estimate of drug-likeness (QED) is 0.777. The van der Waals surface area contributed by atoms with Crippen molar-refractivity contribution < 1.29 is 9.90 Å². The van der Waals surface area contributed by atoms with E-state index in [2.05, 4.69) is 9.97 Å². The van der Waals surface area contributed by atoms with Gasteiger partial charge in [-0.2, -0.15) is 0 Å². The van der Waals surface area contributed by atoms with Crippen molar-refractivity contribution in [3.8, 4) is 22.5 Å². The Balaban J connectivity index is 2.19. The van der Waals surface area contributed by atoms with E-state index >= 15 is 0 Å². The number of aromatic amines is 1. The summed E-state index contributed by atoms with van der Waals surface area (Å²) >= 11 is 0. The van der Waals surface area contributed by atoms with E-state index in [0.29, 0.717) is 11.4 Å². The number of hydrogen-bond acceptors (Lipinski definition) is 3. The predicted molar refractivity (Wildman–Crippen MR) is 82.7 cm³/mol. The van der Waals surface area contributed by atoms with Gasteiger partial charge in [-0.1, -0.05) is 36.4 Å². The molecule has 2 aromatic heterocycles. The van der Waals surface area contributed by atoms with Gasteiger partial charge >= 0.3 is 5.97 Å². The van der Waals surface area contributed by atoms with Gasteiger partial charge in [0.2, 0.25) is 5.56 Å². The normalized spacial score (nSPS) is 10.4. The lowest BCUT2D eigenvalue weighted by Crippen LogP contribution is -2.04. The van der Waals surface area contributed by atoms with Crippen molar-refractivity contribution in [3.63, 3.8) is 0 Å².